The Morgan fingerprint density at radius 1 is 1.07 bits per heavy atom. The number of H-pyrrole nitrogens is 1. The molecule has 6 nitrogen and oxygen atoms in total. The van der Waals surface area contributed by atoms with Crippen LogP contribution in [0.2, 0.25) is 5.02 Å². The number of fused-ring (bicyclic) bond motifs is 1. The topological polar surface area (TPSA) is 61.5 Å². The molecule has 2 heterocycles. The smallest absolute Gasteiger partial charge is 0.226 e. The van der Waals surface area contributed by atoms with E-state index in [0.717, 1.165) is 43.0 Å². The van der Waals surface area contributed by atoms with E-state index in [-0.39, 0.29) is 5.91 Å². The molecule has 1 amide bonds. The van der Waals surface area contributed by atoms with Gasteiger partial charge in [-0.25, -0.2) is 4.98 Å². The molecule has 1 N–H and O–H groups in total. The van der Waals surface area contributed by atoms with E-state index in [1.807, 2.05) is 47.4 Å². The van der Waals surface area contributed by atoms with Crippen LogP contribution in [-0.4, -0.2) is 53.6 Å². The number of benzene rings is 2. The largest absolute Gasteiger partial charge is 0.491 e. The lowest BCUT2D eigenvalue weighted by atomic mass is 10.3. The van der Waals surface area contributed by atoms with Gasteiger partial charge in [0.1, 0.15) is 5.75 Å². The summed E-state index contributed by atoms with van der Waals surface area (Å²) in [5.74, 6) is 1.60. The average molecular weight is 399 g/mol. The molecule has 1 aliphatic heterocycles. The van der Waals surface area contributed by atoms with Gasteiger partial charge in [-0.3, -0.25) is 4.79 Å². The van der Waals surface area contributed by atoms with Crippen molar-refractivity contribution in [2.24, 2.45) is 0 Å². The van der Waals surface area contributed by atoms with Crippen molar-refractivity contribution in [1.29, 1.82) is 0 Å². The summed E-state index contributed by atoms with van der Waals surface area (Å²) < 4.78 is 5.65. The van der Waals surface area contributed by atoms with Gasteiger partial charge in [-0.1, -0.05) is 35.9 Å². The second-order valence-corrected chi connectivity index (χ2v) is 7.24. The second-order valence-electron chi connectivity index (χ2n) is 6.83. The van der Waals surface area contributed by atoms with Gasteiger partial charge in [0.2, 0.25) is 11.9 Å². The Morgan fingerprint density at radius 3 is 2.75 bits per heavy atom. The number of nitrogens with one attached hydrogen (secondary N) is 1. The Kier molecular flexibility index (Phi) is 5.67. The van der Waals surface area contributed by atoms with Gasteiger partial charge in [-0.05, 0) is 30.7 Å². The Hall–Kier alpha value is -2.73. The Morgan fingerprint density at radius 2 is 1.89 bits per heavy atom. The van der Waals surface area contributed by atoms with Gasteiger partial charge in [-0.2, -0.15) is 0 Å². The van der Waals surface area contributed by atoms with E-state index in [2.05, 4.69) is 14.9 Å². The van der Waals surface area contributed by atoms with E-state index in [0.29, 0.717) is 30.3 Å². The first kappa shape index (κ1) is 18.6. The molecule has 0 atom stereocenters. The van der Waals surface area contributed by atoms with Crippen molar-refractivity contribution in [3.63, 3.8) is 0 Å². The number of hydrogen-bond acceptors (Lipinski definition) is 4. The van der Waals surface area contributed by atoms with Crippen LogP contribution in [0.25, 0.3) is 11.0 Å². The number of hydrogen-bond donors (Lipinski definition) is 1. The Bertz CT molecular complexity index is 925. The van der Waals surface area contributed by atoms with Gasteiger partial charge in [0, 0.05) is 26.2 Å². The summed E-state index contributed by atoms with van der Waals surface area (Å²) in [6.07, 6.45) is 1.25. The number of nitrogens with zero attached hydrogens (tertiary/aromatic N) is 3. The highest BCUT2D eigenvalue weighted by molar-refractivity contribution is 6.32. The van der Waals surface area contributed by atoms with Crippen LogP contribution in [0.3, 0.4) is 0 Å². The molecule has 0 unspecified atom stereocenters. The molecule has 1 aliphatic rings. The number of aromatic nitrogens is 2. The number of amides is 1. The van der Waals surface area contributed by atoms with Crippen molar-refractivity contribution in [2.75, 3.05) is 37.7 Å². The summed E-state index contributed by atoms with van der Waals surface area (Å²) in [7, 11) is 0. The zero-order chi connectivity index (χ0) is 19.3. The van der Waals surface area contributed by atoms with E-state index < -0.39 is 0 Å². The highest BCUT2D eigenvalue weighted by Crippen LogP contribution is 2.23. The molecular weight excluding hydrogens is 376 g/mol. The molecule has 7 heteroatoms. The Balaban J connectivity index is 1.30. The number of imidazole rings is 1. The van der Waals surface area contributed by atoms with E-state index in [1.165, 1.54) is 0 Å². The third kappa shape index (κ3) is 4.22. The number of carbonyl (C=O) groups is 1. The number of ether oxygens (including phenoxy) is 1. The maximum atomic E-state index is 12.6. The van der Waals surface area contributed by atoms with Crippen LogP contribution in [0, 0.1) is 0 Å². The van der Waals surface area contributed by atoms with Gasteiger partial charge < -0.3 is 19.5 Å². The summed E-state index contributed by atoms with van der Waals surface area (Å²) in [5.41, 5.74) is 2.00. The first-order valence-corrected chi connectivity index (χ1v) is 9.93. The summed E-state index contributed by atoms with van der Waals surface area (Å²) in [6, 6.07) is 15.3. The van der Waals surface area contributed by atoms with Crippen molar-refractivity contribution < 1.29 is 9.53 Å². The molecule has 0 aliphatic carbocycles. The molecule has 0 saturated carbocycles. The molecule has 1 saturated heterocycles. The zero-order valence-corrected chi connectivity index (χ0v) is 16.4. The fourth-order valence-electron chi connectivity index (χ4n) is 3.44. The molecular formula is C21H23ClN4O2. The number of aromatic amines is 1. The first-order chi connectivity index (χ1) is 13.7. The van der Waals surface area contributed by atoms with Gasteiger partial charge in [-0.15, -0.1) is 0 Å². The minimum absolute atomic E-state index is 0.110. The SMILES string of the molecule is O=C(CCOc1ccccc1Cl)N1CCCN(c2nc3ccccc3[nH]2)CC1. The molecule has 4 rings (SSSR count). The van der Waals surface area contributed by atoms with Crippen LogP contribution >= 0.6 is 11.6 Å². The summed E-state index contributed by atoms with van der Waals surface area (Å²) in [6.45, 7) is 3.40. The van der Waals surface area contributed by atoms with Gasteiger partial charge in [0.15, 0.2) is 0 Å². The second kappa shape index (κ2) is 8.52. The van der Waals surface area contributed by atoms with Gasteiger partial charge in [0.25, 0.3) is 0 Å². The highest BCUT2D eigenvalue weighted by Gasteiger charge is 2.21. The Labute approximate surface area is 169 Å². The van der Waals surface area contributed by atoms with E-state index in [9.17, 15) is 4.79 Å². The molecule has 3 aromatic rings. The lowest BCUT2D eigenvalue weighted by Crippen LogP contribution is -2.36. The van der Waals surface area contributed by atoms with E-state index in [4.69, 9.17) is 16.3 Å². The summed E-state index contributed by atoms with van der Waals surface area (Å²) in [4.78, 5) is 24.8. The zero-order valence-electron chi connectivity index (χ0n) is 15.6. The predicted octanol–water partition coefficient (Wildman–Crippen LogP) is 3.72. The number of rotatable bonds is 5. The number of anilines is 1. The molecule has 1 aromatic heterocycles. The standard InChI is InChI=1S/C21H23ClN4O2/c22-16-6-1-4-9-19(16)28-15-10-20(27)25-11-5-12-26(14-13-25)21-23-17-7-2-3-8-18(17)24-21/h1-4,6-9H,5,10-15H2,(H,23,24). The molecule has 146 valence electrons. The average Bonchev–Trinajstić information content (AvgIpc) is 2.98. The van der Waals surface area contributed by atoms with Crippen LogP contribution < -0.4 is 9.64 Å². The predicted molar refractivity (Wildman–Crippen MR) is 111 cm³/mol. The van der Waals surface area contributed by atoms with Crippen LogP contribution in [0.1, 0.15) is 12.8 Å². The quantitative estimate of drug-likeness (QED) is 0.711. The third-order valence-corrected chi connectivity index (χ3v) is 5.25. The van der Waals surface area contributed by atoms with Crippen LogP contribution in [0.15, 0.2) is 48.5 Å². The summed E-state index contributed by atoms with van der Waals surface area (Å²) in [5, 5.41) is 0.561. The maximum absolute atomic E-state index is 12.6. The monoisotopic (exact) mass is 398 g/mol. The molecule has 28 heavy (non-hydrogen) atoms. The normalized spacial score (nSPS) is 14.9. The van der Waals surface area contributed by atoms with Crippen LogP contribution in [0.5, 0.6) is 5.75 Å². The van der Waals surface area contributed by atoms with Gasteiger partial charge >= 0.3 is 0 Å². The highest BCUT2D eigenvalue weighted by atomic mass is 35.5. The van der Waals surface area contributed by atoms with Crippen LogP contribution in [0.4, 0.5) is 5.95 Å². The third-order valence-electron chi connectivity index (χ3n) is 4.94. The van der Waals surface area contributed by atoms with Crippen molar-refractivity contribution in [2.45, 2.75) is 12.8 Å². The van der Waals surface area contributed by atoms with E-state index >= 15 is 0 Å². The minimum atomic E-state index is 0.110. The molecule has 0 bridgehead atoms. The lowest BCUT2D eigenvalue weighted by molar-refractivity contribution is -0.131. The first-order valence-electron chi connectivity index (χ1n) is 9.55. The van der Waals surface area contributed by atoms with Crippen molar-refractivity contribution >= 4 is 34.5 Å². The van der Waals surface area contributed by atoms with Crippen LogP contribution in [-0.2, 0) is 4.79 Å². The molecule has 0 radical (unpaired) electrons. The lowest BCUT2D eigenvalue weighted by Gasteiger charge is -2.22. The van der Waals surface area contributed by atoms with Crippen molar-refractivity contribution in [1.82, 2.24) is 14.9 Å². The summed E-state index contributed by atoms with van der Waals surface area (Å²) >= 11 is 6.08. The van der Waals surface area contributed by atoms with Crippen molar-refractivity contribution in [3.8, 4) is 5.75 Å². The fraction of sp³-hybridized carbons (Fsp3) is 0.333. The molecule has 1 fully saturated rings. The maximum Gasteiger partial charge on any atom is 0.226 e. The fourth-order valence-corrected chi connectivity index (χ4v) is 3.63. The number of halogens is 1. The molecule has 2 aromatic carbocycles. The van der Waals surface area contributed by atoms with Gasteiger partial charge in [0.05, 0.1) is 29.1 Å². The van der Waals surface area contributed by atoms with Crippen molar-refractivity contribution in [3.05, 3.63) is 53.6 Å². The number of carbonyl (C=O) groups excluding carboxylic acids is 1. The number of para-hydroxylation sites is 3. The minimum Gasteiger partial charge on any atom is -0.491 e. The van der Waals surface area contributed by atoms with E-state index in [1.54, 1.807) is 6.07 Å². The molecule has 0 spiro atoms.